The largest absolute Gasteiger partial charge is 0.411 e. The lowest BCUT2D eigenvalue weighted by molar-refractivity contribution is 0.315. The molecule has 2 heteroatoms. The summed E-state index contributed by atoms with van der Waals surface area (Å²) in [6.45, 7) is 1.87. The average Bonchev–Trinajstić information content (AvgIpc) is 2.06. The van der Waals surface area contributed by atoms with E-state index >= 15 is 0 Å². The summed E-state index contributed by atoms with van der Waals surface area (Å²) in [6.07, 6.45) is 8.96. The number of hydrogen-bond donors (Lipinski definition) is 1. The molecule has 0 radical (unpaired) electrons. The number of hydrogen-bond acceptors (Lipinski definition) is 2. The Hall–Kier alpha value is -0.790. The molecule has 1 aliphatic rings. The Balaban J connectivity index is 2.32. The molecule has 0 aliphatic heterocycles. The van der Waals surface area contributed by atoms with Crippen LogP contribution in [0, 0.1) is 5.92 Å². The van der Waals surface area contributed by atoms with Gasteiger partial charge in [-0.2, -0.15) is 0 Å². The lowest BCUT2D eigenvalue weighted by atomic mass is 9.90. The maximum Gasteiger partial charge on any atom is 0.0542 e. The van der Waals surface area contributed by atoms with E-state index in [1.165, 1.54) is 12.8 Å². The van der Waals surface area contributed by atoms with E-state index < -0.39 is 0 Å². The summed E-state index contributed by atoms with van der Waals surface area (Å²) in [4.78, 5) is 0. The van der Waals surface area contributed by atoms with Crippen LogP contribution in [-0.4, -0.2) is 10.9 Å². The van der Waals surface area contributed by atoms with Crippen LogP contribution in [0.15, 0.2) is 17.3 Å². The monoisotopic (exact) mass is 153 g/mol. The van der Waals surface area contributed by atoms with E-state index in [9.17, 15) is 0 Å². The molecular weight excluding hydrogens is 138 g/mol. The highest BCUT2D eigenvalue weighted by Gasteiger charge is 2.10. The predicted molar refractivity (Wildman–Crippen MR) is 46.0 cm³/mol. The van der Waals surface area contributed by atoms with Gasteiger partial charge in [-0.15, -0.1) is 0 Å². The van der Waals surface area contributed by atoms with Crippen LogP contribution in [-0.2, 0) is 0 Å². The summed E-state index contributed by atoms with van der Waals surface area (Å²) in [6, 6.07) is 0. The van der Waals surface area contributed by atoms with Gasteiger partial charge in [0.15, 0.2) is 0 Å². The standard InChI is InChI=1S/C9H15NO/c1-8(10-11)7-9-5-3-2-4-6-9/h2-3,9,11H,4-7H2,1H3. The molecule has 0 saturated carbocycles. The maximum atomic E-state index is 8.44. The minimum atomic E-state index is 0.705. The van der Waals surface area contributed by atoms with E-state index in [0.717, 1.165) is 18.6 Å². The van der Waals surface area contributed by atoms with Crippen molar-refractivity contribution >= 4 is 5.71 Å². The van der Waals surface area contributed by atoms with E-state index in [2.05, 4.69) is 17.3 Å². The first kappa shape index (κ1) is 8.31. The Bertz CT molecular complexity index is 172. The van der Waals surface area contributed by atoms with Crippen LogP contribution in [0.1, 0.15) is 32.6 Å². The molecule has 0 saturated heterocycles. The summed E-state index contributed by atoms with van der Waals surface area (Å²) < 4.78 is 0. The Morgan fingerprint density at radius 3 is 3.00 bits per heavy atom. The van der Waals surface area contributed by atoms with Crippen LogP contribution < -0.4 is 0 Å². The first-order valence-electron chi connectivity index (χ1n) is 4.15. The fourth-order valence-electron chi connectivity index (χ4n) is 1.50. The van der Waals surface area contributed by atoms with Gasteiger partial charge in [-0.25, -0.2) is 0 Å². The van der Waals surface area contributed by atoms with Gasteiger partial charge >= 0.3 is 0 Å². The third kappa shape index (κ3) is 2.74. The van der Waals surface area contributed by atoms with E-state index in [1.54, 1.807) is 0 Å². The minimum absolute atomic E-state index is 0.705. The van der Waals surface area contributed by atoms with Crippen LogP contribution in [0.4, 0.5) is 0 Å². The molecule has 0 bridgehead atoms. The third-order valence-electron chi connectivity index (χ3n) is 2.13. The van der Waals surface area contributed by atoms with Crippen molar-refractivity contribution in [3.05, 3.63) is 12.2 Å². The van der Waals surface area contributed by atoms with Gasteiger partial charge in [0, 0.05) is 0 Å². The molecule has 0 spiro atoms. The van der Waals surface area contributed by atoms with Crippen LogP contribution in [0.25, 0.3) is 0 Å². The zero-order chi connectivity index (χ0) is 8.10. The second-order valence-electron chi connectivity index (χ2n) is 3.19. The molecule has 1 N–H and O–H groups in total. The first-order valence-corrected chi connectivity index (χ1v) is 4.15. The van der Waals surface area contributed by atoms with Crippen molar-refractivity contribution in [2.45, 2.75) is 32.6 Å². The van der Waals surface area contributed by atoms with Gasteiger partial charge in [0.1, 0.15) is 0 Å². The van der Waals surface area contributed by atoms with Crippen molar-refractivity contribution in [3.63, 3.8) is 0 Å². The molecular formula is C9H15NO. The molecule has 0 fully saturated rings. The number of nitrogens with zero attached hydrogens (tertiary/aromatic N) is 1. The average molecular weight is 153 g/mol. The van der Waals surface area contributed by atoms with Crippen LogP contribution in [0.2, 0.25) is 0 Å². The van der Waals surface area contributed by atoms with E-state index in [0.29, 0.717) is 5.92 Å². The van der Waals surface area contributed by atoms with Gasteiger partial charge in [-0.3, -0.25) is 0 Å². The molecule has 0 heterocycles. The summed E-state index contributed by atoms with van der Waals surface area (Å²) in [5, 5.41) is 11.6. The van der Waals surface area contributed by atoms with Gasteiger partial charge in [0.25, 0.3) is 0 Å². The van der Waals surface area contributed by atoms with Crippen molar-refractivity contribution in [1.29, 1.82) is 0 Å². The Morgan fingerprint density at radius 1 is 1.64 bits per heavy atom. The van der Waals surface area contributed by atoms with E-state index in [-0.39, 0.29) is 0 Å². The number of rotatable bonds is 2. The van der Waals surface area contributed by atoms with Gasteiger partial charge in [-0.1, -0.05) is 17.3 Å². The van der Waals surface area contributed by atoms with Crippen molar-refractivity contribution in [3.8, 4) is 0 Å². The van der Waals surface area contributed by atoms with E-state index in [4.69, 9.17) is 5.21 Å². The summed E-state index contributed by atoms with van der Waals surface area (Å²) in [7, 11) is 0. The highest BCUT2D eigenvalue weighted by Crippen LogP contribution is 2.21. The van der Waals surface area contributed by atoms with E-state index in [1.807, 2.05) is 6.92 Å². The van der Waals surface area contributed by atoms with Gasteiger partial charge in [-0.05, 0) is 38.5 Å². The molecule has 0 aromatic rings. The van der Waals surface area contributed by atoms with Crippen molar-refractivity contribution < 1.29 is 5.21 Å². The zero-order valence-corrected chi connectivity index (χ0v) is 6.95. The Kier molecular flexibility index (Phi) is 3.14. The highest BCUT2D eigenvalue weighted by molar-refractivity contribution is 5.81. The summed E-state index contributed by atoms with van der Waals surface area (Å²) >= 11 is 0. The summed E-state index contributed by atoms with van der Waals surface area (Å²) in [5.41, 5.74) is 0.852. The van der Waals surface area contributed by atoms with Gasteiger partial charge in [0.2, 0.25) is 0 Å². The fraction of sp³-hybridized carbons (Fsp3) is 0.667. The molecule has 2 nitrogen and oxygen atoms in total. The van der Waals surface area contributed by atoms with Crippen LogP contribution in [0.3, 0.4) is 0 Å². The Morgan fingerprint density at radius 2 is 2.45 bits per heavy atom. The van der Waals surface area contributed by atoms with Crippen molar-refractivity contribution in [2.75, 3.05) is 0 Å². The highest BCUT2D eigenvalue weighted by atomic mass is 16.4. The second-order valence-corrected chi connectivity index (χ2v) is 3.19. The Labute approximate surface area is 67.6 Å². The SMILES string of the molecule is CC(CC1CC=CCC1)=NO. The van der Waals surface area contributed by atoms with Crippen molar-refractivity contribution in [2.24, 2.45) is 11.1 Å². The van der Waals surface area contributed by atoms with Gasteiger partial charge < -0.3 is 5.21 Å². The predicted octanol–water partition coefficient (Wildman–Crippen LogP) is 2.58. The van der Waals surface area contributed by atoms with Gasteiger partial charge in [0.05, 0.1) is 5.71 Å². The quantitative estimate of drug-likeness (QED) is 0.281. The third-order valence-corrected chi connectivity index (χ3v) is 2.13. The molecule has 1 atom stereocenters. The minimum Gasteiger partial charge on any atom is -0.411 e. The normalized spacial score (nSPS) is 25.5. The molecule has 0 aromatic heterocycles. The molecule has 0 amide bonds. The lowest BCUT2D eigenvalue weighted by Crippen LogP contribution is -2.07. The lowest BCUT2D eigenvalue weighted by Gasteiger charge is -2.16. The number of oxime groups is 1. The molecule has 62 valence electrons. The van der Waals surface area contributed by atoms with Crippen LogP contribution >= 0.6 is 0 Å². The fourth-order valence-corrected chi connectivity index (χ4v) is 1.50. The van der Waals surface area contributed by atoms with Crippen LogP contribution in [0.5, 0.6) is 0 Å². The number of allylic oxidation sites excluding steroid dienone is 2. The smallest absolute Gasteiger partial charge is 0.0542 e. The molecule has 1 unspecified atom stereocenters. The van der Waals surface area contributed by atoms with Crippen molar-refractivity contribution in [1.82, 2.24) is 0 Å². The zero-order valence-electron chi connectivity index (χ0n) is 6.95. The molecule has 1 rings (SSSR count). The summed E-state index contributed by atoms with van der Waals surface area (Å²) in [5.74, 6) is 0.705. The first-order chi connectivity index (χ1) is 5.33. The molecule has 11 heavy (non-hydrogen) atoms. The molecule has 0 aromatic carbocycles. The topological polar surface area (TPSA) is 32.6 Å². The second kappa shape index (κ2) is 4.16. The molecule has 1 aliphatic carbocycles. The maximum absolute atomic E-state index is 8.44.